The molecule has 3 heterocycles. The molecule has 1 N–H and O–H groups in total. The van der Waals surface area contributed by atoms with Crippen LogP contribution in [0.15, 0.2) is 29.1 Å². The molecular formula is C20H28N4O. The number of aromatic amines is 1. The van der Waals surface area contributed by atoms with Crippen LogP contribution in [0.4, 0.5) is 5.95 Å². The van der Waals surface area contributed by atoms with E-state index in [2.05, 4.69) is 21.7 Å². The van der Waals surface area contributed by atoms with Crippen LogP contribution >= 0.6 is 0 Å². The molecule has 0 bridgehead atoms. The quantitative estimate of drug-likeness (QED) is 0.933. The summed E-state index contributed by atoms with van der Waals surface area (Å²) in [7, 11) is 0. The van der Waals surface area contributed by atoms with Crippen LogP contribution in [-0.4, -0.2) is 47.6 Å². The normalized spacial score (nSPS) is 23.2. The van der Waals surface area contributed by atoms with Crippen molar-refractivity contribution in [3.8, 4) is 0 Å². The van der Waals surface area contributed by atoms with Gasteiger partial charge in [0, 0.05) is 19.6 Å². The van der Waals surface area contributed by atoms with Gasteiger partial charge >= 0.3 is 0 Å². The number of hydrogen-bond acceptors (Lipinski definition) is 4. The summed E-state index contributed by atoms with van der Waals surface area (Å²) in [6.45, 7) is 8.00. The van der Waals surface area contributed by atoms with Crippen molar-refractivity contribution in [3.05, 3.63) is 34.6 Å². The molecule has 4 rings (SSSR count). The maximum atomic E-state index is 12.3. The van der Waals surface area contributed by atoms with Crippen LogP contribution in [0.2, 0.25) is 0 Å². The van der Waals surface area contributed by atoms with Crippen molar-refractivity contribution in [2.45, 2.75) is 32.6 Å². The number of anilines is 1. The lowest BCUT2D eigenvalue weighted by atomic mass is 9.94. The number of likely N-dealkylation sites (tertiary alicyclic amines) is 1. The minimum absolute atomic E-state index is 0.0345. The van der Waals surface area contributed by atoms with Crippen LogP contribution in [0.3, 0.4) is 0 Å². The van der Waals surface area contributed by atoms with Gasteiger partial charge in [-0.3, -0.25) is 9.78 Å². The second-order valence-corrected chi connectivity index (χ2v) is 7.84. The Morgan fingerprint density at radius 2 is 1.96 bits per heavy atom. The lowest BCUT2D eigenvalue weighted by Gasteiger charge is -2.38. The van der Waals surface area contributed by atoms with Gasteiger partial charge < -0.3 is 9.80 Å². The summed E-state index contributed by atoms with van der Waals surface area (Å²) in [6.07, 6.45) is 5.11. The minimum Gasteiger partial charge on any atom is -0.342 e. The number of rotatable bonds is 3. The molecule has 25 heavy (non-hydrogen) atoms. The molecule has 0 amide bonds. The second-order valence-electron chi connectivity index (χ2n) is 7.84. The molecule has 0 radical (unpaired) electrons. The molecule has 2 fully saturated rings. The van der Waals surface area contributed by atoms with Crippen molar-refractivity contribution in [2.75, 3.05) is 37.6 Å². The Kier molecular flexibility index (Phi) is 4.75. The van der Waals surface area contributed by atoms with E-state index >= 15 is 0 Å². The molecule has 2 saturated heterocycles. The number of benzene rings is 1. The van der Waals surface area contributed by atoms with Gasteiger partial charge in [-0.25, -0.2) is 4.98 Å². The van der Waals surface area contributed by atoms with Crippen LogP contribution in [0, 0.1) is 11.8 Å². The third-order valence-electron chi connectivity index (χ3n) is 5.81. The first kappa shape index (κ1) is 16.6. The third-order valence-corrected chi connectivity index (χ3v) is 5.81. The summed E-state index contributed by atoms with van der Waals surface area (Å²) in [5.74, 6) is 2.28. The van der Waals surface area contributed by atoms with Crippen LogP contribution in [-0.2, 0) is 0 Å². The molecule has 2 aliphatic heterocycles. The third kappa shape index (κ3) is 3.71. The minimum atomic E-state index is -0.0345. The highest BCUT2D eigenvalue weighted by atomic mass is 16.1. The van der Waals surface area contributed by atoms with E-state index in [1.54, 1.807) is 0 Å². The topological polar surface area (TPSA) is 52.2 Å². The van der Waals surface area contributed by atoms with E-state index in [1.165, 1.54) is 45.3 Å². The molecule has 2 aliphatic rings. The van der Waals surface area contributed by atoms with Crippen LogP contribution in [0.1, 0.15) is 32.6 Å². The standard InChI is InChI=1S/C20H28N4O/c1-15-8-11-23(12-9-15)13-16-5-4-10-24(14-16)20-21-18-7-3-2-6-17(18)19(25)22-20/h2-3,6-7,15-16H,4-5,8-14H2,1H3,(H,21,22,25). The Labute approximate surface area is 149 Å². The van der Waals surface area contributed by atoms with Gasteiger partial charge in [-0.15, -0.1) is 0 Å². The average Bonchev–Trinajstić information content (AvgIpc) is 2.64. The summed E-state index contributed by atoms with van der Waals surface area (Å²) in [5, 5.41) is 0.669. The van der Waals surface area contributed by atoms with Crippen molar-refractivity contribution in [2.24, 2.45) is 11.8 Å². The average molecular weight is 340 g/mol. The predicted molar refractivity (Wildman–Crippen MR) is 102 cm³/mol. The first-order valence-corrected chi connectivity index (χ1v) is 9.65. The molecule has 5 heteroatoms. The molecule has 2 aromatic rings. The second kappa shape index (κ2) is 7.16. The maximum absolute atomic E-state index is 12.3. The van der Waals surface area contributed by atoms with Gasteiger partial charge in [-0.2, -0.15) is 0 Å². The fraction of sp³-hybridized carbons (Fsp3) is 0.600. The fourth-order valence-corrected chi connectivity index (χ4v) is 4.24. The van der Waals surface area contributed by atoms with Crippen molar-refractivity contribution in [3.63, 3.8) is 0 Å². The molecule has 1 aromatic carbocycles. The SMILES string of the molecule is CC1CCN(CC2CCCN(c3nc4ccccc4c(=O)[nH]3)C2)CC1. The van der Waals surface area contributed by atoms with Gasteiger partial charge in [-0.1, -0.05) is 19.1 Å². The highest BCUT2D eigenvalue weighted by molar-refractivity contribution is 5.78. The zero-order valence-electron chi connectivity index (χ0n) is 15.1. The van der Waals surface area contributed by atoms with Gasteiger partial charge in [0.15, 0.2) is 0 Å². The number of hydrogen-bond donors (Lipinski definition) is 1. The van der Waals surface area contributed by atoms with E-state index in [0.717, 1.165) is 30.5 Å². The molecular weight excluding hydrogens is 312 g/mol. The molecule has 134 valence electrons. The number of piperidine rings is 2. The summed E-state index contributed by atoms with van der Waals surface area (Å²) in [5.41, 5.74) is 0.751. The van der Waals surface area contributed by atoms with Crippen LogP contribution in [0.5, 0.6) is 0 Å². The van der Waals surface area contributed by atoms with Gasteiger partial charge in [0.05, 0.1) is 10.9 Å². The van der Waals surface area contributed by atoms with E-state index in [9.17, 15) is 4.79 Å². The van der Waals surface area contributed by atoms with Gasteiger partial charge in [0.25, 0.3) is 5.56 Å². The largest absolute Gasteiger partial charge is 0.342 e. The van der Waals surface area contributed by atoms with Gasteiger partial charge in [-0.05, 0) is 62.7 Å². The Balaban J connectivity index is 1.47. The summed E-state index contributed by atoms with van der Waals surface area (Å²) >= 11 is 0. The van der Waals surface area contributed by atoms with E-state index in [-0.39, 0.29) is 5.56 Å². The van der Waals surface area contributed by atoms with Crippen molar-refractivity contribution in [1.29, 1.82) is 0 Å². The lowest BCUT2D eigenvalue weighted by Crippen LogP contribution is -2.44. The highest BCUT2D eigenvalue weighted by Gasteiger charge is 2.25. The Hall–Kier alpha value is -1.88. The number of fused-ring (bicyclic) bond motifs is 1. The van der Waals surface area contributed by atoms with E-state index < -0.39 is 0 Å². The molecule has 1 atom stereocenters. The van der Waals surface area contributed by atoms with Crippen molar-refractivity contribution in [1.82, 2.24) is 14.9 Å². The van der Waals surface area contributed by atoms with E-state index in [0.29, 0.717) is 11.3 Å². The Morgan fingerprint density at radius 3 is 2.80 bits per heavy atom. The smallest absolute Gasteiger partial charge is 0.260 e. The molecule has 5 nitrogen and oxygen atoms in total. The van der Waals surface area contributed by atoms with E-state index in [4.69, 9.17) is 4.98 Å². The zero-order valence-corrected chi connectivity index (χ0v) is 15.1. The summed E-state index contributed by atoms with van der Waals surface area (Å²) in [6, 6.07) is 7.58. The first-order chi connectivity index (χ1) is 12.2. The molecule has 0 saturated carbocycles. The summed E-state index contributed by atoms with van der Waals surface area (Å²) in [4.78, 5) is 24.9. The number of aromatic nitrogens is 2. The number of nitrogens with one attached hydrogen (secondary N) is 1. The monoisotopic (exact) mass is 340 g/mol. The Bertz CT molecular complexity index is 779. The summed E-state index contributed by atoms with van der Waals surface area (Å²) < 4.78 is 0. The number of nitrogens with zero attached hydrogens (tertiary/aromatic N) is 3. The molecule has 0 spiro atoms. The van der Waals surface area contributed by atoms with Crippen molar-refractivity contribution < 1.29 is 0 Å². The maximum Gasteiger partial charge on any atom is 0.260 e. The Morgan fingerprint density at radius 1 is 1.16 bits per heavy atom. The molecule has 1 unspecified atom stereocenters. The lowest BCUT2D eigenvalue weighted by molar-refractivity contribution is 0.159. The van der Waals surface area contributed by atoms with Gasteiger partial charge in [0.2, 0.25) is 5.95 Å². The number of para-hydroxylation sites is 1. The molecule has 0 aliphatic carbocycles. The fourth-order valence-electron chi connectivity index (χ4n) is 4.24. The highest BCUT2D eigenvalue weighted by Crippen LogP contribution is 2.24. The van der Waals surface area contributed by atoms with Gasteiger partial charge in [0.1, 0.15) is 0 Å². The molecule has 1 aromatic heterocycles. The van der Waals surface area contributed by atoms with E-state index in [1.807, 2.05) is 24.3 Å². The van der Waals surface area contributed by atoms with Crippen molar-refractivity contribution >= 4 is 16.9 Å². The number of H-pyrrole nitrogens is 1. The first-order valence-electron chi connectivity index (χ1n) is 9.65. The zero-order chi connectivity index (χ0) is 17.2. The predicted octanol–water partition coefficient (Wildman–Crippen LogP) is 2.87. The van der Waals surface area contributed by atoms with Crippen LogP contribution < -0.4 is 10.5 Å². The van der Waals surface area contributed by atoms with Crippen LogP contribution in [0.25, 0.3) is 10.9 Å².